The molecule has 0 atom stereocenters. The molecule has 0 spiro atoms. The highest BCUT2D eigenvalue weighted by Gasteiger charge is 2.53. The van der Waals surface area contributed by atoms with E-state index >= 15 is 0 Å². The van der Waals surface area contributed by atoms with Crippen LogP contribution in [0.15, 0.2) is 29.2 Å². The number of carbonyl (C=O) groups excluding carboxylic acids is 1. The quantitative estimate of drug-likeness (QED) is 0.805. The molecule has 2 fully saturated rings. The lowest BCUT2D eigenvalue weighted by Crippen LogP contribution is -2.54. The van der Waals surface area contributed by atoms with Gasteiger partial charge in [-0.25, -0.2) is 8.42 Å². The first-order chi connectivity index (χ1) is 11.5. The molecule has 1 aromatic rings. The van der Waals surface area contributed by atoms with E-state index in [1.54, 1.807) is 12.1 Å². The van der Waals surface area contributed by atoms with Crippen molar-refractivity contribution >= 4 is 39.8 Å². The van der Waals surface area contributed by atoms with E-state index in [-0.39, 0.29) is 29.3 Å². The lowest BCUT2D eigenvalue weighted by molar-refractivity contribution is -0.124. The normalized spacial score (nSPS) is 20.7. The van der Waals surface area contributed by atoms with Crippen LogP contribution in [0.1, 0.15) is 38.5 Å². The Morgan fingerprint density at radius 3 is 2.24 bits per heavy atom. The van der Waals surface area contributed by atoms with E-state index in [1.165, 1.54) is 12.1 Å². The Morgan fingerprint density at radius 2 is 1.68 bits per heavy atom. The number of amides is 1. The van der Waals surface area contributed by atoms with Gasteiger partial charge in [0, 0.05) is 11.1 Å². The summed E-state index contributed by atoms with van der Waals surface area (Å²) in [4.78, 5) is 13.2. The monoisotopic (exact) mass is 406 g/mol. The van der Waals surface area contributed by atoms with E-state index in [9.17, 15) is 13.2 Å². The summed E-state index contributed by atoms with van der Waals surface area (Å²) in [5, 5.41) is 6.73. The summed E-state index contributed by atoms with van der Waals surface area (Å²) in [6.45, 7) is 1.70. The highest BCUT2D eigenvalue weighted by Crippen LogP contribution is 2.41. The van der Waals surface area contributed by atoms with Crippen LogP contribution in [0.3, 0.4) is 0 Å². The second kappa shape index (κ2) is 8.25. The van der Waals surface area contributed by atoms with Crippen molar-refractivity contribution in [3.8, 4) is 0 Å². The molecule has 0 unspecified atom stereocenters. The number of nitrogens with one attached hydrogen (secondary N) is 2. The number of sulfone groups is 1. The molecule has 1 aliphatic carbocycles. The first-order valence-electron chi connectivity index (χ1n) is 8.48. The molecule has 1 saturated carbocycles. The van der Waals surface area contributed by atoms with Gasteiger partial charge in [0.15, 0.2) is 14.6 Å². The molecule has 2 aliphatic rings. The van der Waals surface area contributed by atoms with Gasteiger partial charge in [0.2, 0.25) is 5.91 Å². The lowest BCUT2D eigenvalue weighted by atomic mass is 10.0. The summed E-state index contributed by atoms with van der Waals surface area (Å²) >= 11 is 5.87. The van der Waals surface area contributed by atoms with Crippen molar-refractivity contribution < 1.29 is 13.2 Å². The van der Waals surface area contributed by atoms with Crippen LogP contribution >= 0.6 is 24.0 Å². The Balaban J connectivity index is 0.00000225. The maximum Gasteiger partial charge on any atom is 0.242 e. The third-order valence-corrected chi connectivity index (χ3v) is 7.90. The van der Waals surface area contributed by atoms with E-state index in [4.69, 9.17) is 11.6 Å². The molecule has 1 amide bonds. The topological polar surface area (TPSA) is 75.3 Å². The highest BCUT2D eigenvalue weighted by molar-refractivity contribution is 7.93. The first-order valence-corrected chi connectivity index (χ1v) is 10.3. The molecule has 8 heteroatoms. The fourth-order valence-corrected chi connectivity index (χ4v) is 5.89. The zero-order valence-corrected chi connectivity index (χ0v) is 16.4. The predicted molar refractivity (Wildman–Crippen MR) is 101 cm³/mol. The van der Waals surface area contributed by atoms with E-state index in [2.05, 4.69) is 10.6 Å². The average molecular weight is 407 g/mol. The van der Waals surface area contributed by atoms with Crippen molar-refractivity contribution in [1.29, 1.82) is 0 Å². The molecule has 25 heavy (non-hydrogen) atoms. The highest BCUT2D eigenvalue weighted by atomic mass is 35.5. The summed E-state index contributed by atoms with van der Waals surface area (Å²) in [5.74, 6) is -0.332. The number of hydrogen-bond donors (Lipinski definition) is 2. The van der Waals surface area contributed by atoms with Crippen LogP contribution in [0, 0.1) is 0 Å². The van der Waals surface area contributed by atoms with Crippen LogP contribution in [0.25, 0.3) is 0 Å². The molecule has 2 N–H and O–H groups in total. The second-order valence-electron chi connectivity index (χ2n) is 6.66. The predicted octanol–water partition coefficient (Wildman–Crippen LogP) is 2.72. The minimum absolute atomic E-state index is 0. The minimum Gasteiger partial charge on any atom is -0.352 e. The van der Waals surface area contributed by atoms with E-state index in [1.807, 2.05) is 0 Å². The van der Waals surface area contributed by atoms with Crippen LogP contribution in [0.5, 0.6) is 0 Å². The third-order valence-electron chi connectivity index (χ3n) is 5.14. The van der Waals surface area contributed by atoms with Crippen molar-refractivity contribution in [2.45, 2.75) is 54.2 Å². The molecule has 1 aromatic carbocycles. The van der Waals surface area contributed by atoms with Crippen molar-refractivity contribution in [3.05, 3.63) is 29.3 Å². The van der Waals surface area contributed by atoms with Gasteiger partial charge in [0.1, 0.15) is 0 Å². The number of rotatable bonds is 4. The van der Waals surface area contributed by atoms with Crippen LogP contribution < -0.4 is 10.6 Å². The Labute approximate surface area is 160 Å². The van der Waals surface area contributed by atoms with Gasteiger partial charge in [0.25, 0.3) is 0 Å². The van der Waals surface area contributed by atoms with E-state index in [0.29, 0.717) is 17.9 Å². The molecule has 0 radical (unpaired) electrons. The molecule has 3 rings (SSSR count). The Morgan fingerprint density at radius 1 is 1.12 bits per heavy atom. The second-order valence-corrected chi connectivity index (χ2v) is 9.35. The molecular formula is C17H24Cl2N2O3S. The summed E-state index contributed by atoms with van der Waals surface area (Å²) in [5.41, 5.74) is 0. The Bertz CT molecular complexity index is 695. The van der Waals surface area contributed by atoms with Crippen LogP contribution in [-0.4, -0.2) is 38.2 Å². The SMILES string of the molecule is Cl.O=C(NC1CCNCC1)C1(S(=O)(=O)c2ccc(Cl)cc2)CCCC1. The number of halogens is 2. The molecule has 0 bridgehead atoms. The summed E-state index contributed by atoms with van der Waals surface area (Å²) in [6.07, 6.45) is 3.95. The summed E-state index contributed by atoms with van der Waals surface area (Å²) < 4.78 is 25.1. The molecule has 5 nitrogen and oxygen atoms in total. The average Bonchev–Trinajstić information content (AvgIpc) is 3.08. The van der Waals surface area contributed by atoms with Gasteiger partial charge in [-0.3, -0.25) is 4.79 Å². The number of piperidine rings is 1. The zero-order chi connectivity index (χ0) is 17.2. The minimum atomic E-state index is -3.75. The Kier molecular flexibility index (Phi) is 6.76. The number of benzene rings is 1. The Hall–Kier alpha value is -0.820. The van der Waals surface area contributed by atoms with Gasteiger partial charge in [0.05, 0.1) is 4.90 Å². The van der Waals surface area contributed by atoms with Crippen LogP contribution in [0.2, 0.25) is 5.02 Å². The molecule has 1 heterocycles. The van der Waals surface area contributed by atoms with Crippen molar-refractivity contribution in [1.82, 2.24) is 10.6 Å². The van der Waals surface area contributed by atoms with Crippen LogP contribution in [0.4, 0.5) is 0 Å². The van der Waals surface area contributed by atoms with Gasteiger partial charge in [-0.15, -0.1) is 12.4 Å². The zero-order valence-electron chi connectivity index (χ0n) is 14.0. The van der Waals surface area contributed by atoms with Crippen molar-refractivity contribution in [2.75, 3.05) is 13.1 Å². The molecule has 1 aliphatic heterocycles. The van der Waals surface area contributed by atoms with E-state index < -0.39 is 14.6 Å². The largest absolute Gasteiger partial charge is 0.352 e. The van der Waals surface area contributed by atoms with Gasteiger partial charge in [-0.05, 0) is 63.0 Å². The van der Waals surface area contributed by atoms with Gasteiger partial charge in [-0.2, -0.15) is 0 Å². The summed E-state index contributed by atoms with van der Waals surface area (Å²) in [6, 6.07) is 6.16. The smallest absolute Gasteiger partial charge is 0.242 e. The van der Waals surface area contributed by atoms with Gasteiger partial charge >= 0.3 is 0 Å². The van der Waals surface area contributed by atoms with Gasteiger partial charge in [-0.1, -0.05) is 24.4 Å². The molecule has 140 valence electrons. The van der Waals surface area contributed by atoms with Crippen molar-refractivity contribution in [2.24, 2.45) is 0 Å². The fourth-order valence-electron chi connectivity index (χ4n) is 3.69. The summed E-state index contributed by atoms with van der Waals surface area (Å²) in [7, 11) is -3.75. The van der Waals surface area contributed by atoms with Crippen molar-refractivity contribution in [3.63, 3.8) is 0 Å². The molecular weight excluding hydrogens is 383 g/mol. The maximum absolute atomic E-state index is 13.2. The first kappa shape index (κ1) is 20.5. The van der Waals surface area contributed by atoms with Crippen LogP contribution in [-0.2, 0) is 14.6 Å². The third kappa shape index (κ3) is 3.97. The maximum atomic E-state index is 13.2. The lowest BCUT2D eigenvalue weighted by Gasteiger charge is -2.31. The standard InChI is InChI=1S/C17H23ClN2O3S.ClH/c18-13-3-5-15(6-4-13)24(22,23)17(9-1-2-10-17)16(21)20-14-7-11-19-12-8-14;/h3-6,14,19H,1-2,7-12H2,(H,20,21);1H. The van der Waals surface area contributed by atoms with E-state index in [0.717, 1.165) is 38.8 Å². The fraction of sp³-hybridized carbons (Fsp3) is 0.588. The molecule has 0 aromatic heterocycles. The number of carbonyl (C=O) groups is 1. The molecule has 1 saturated heterocycles. The number of hydrogen-bond acceptors (Lipinski definition) is 4. The van der Waals surface area contributed by atoms with Gasteiger partial charge < -0.3 is 10.6 Å².